The Morgan fingerprint density at radius 1 is 1.67 bits per heavy atom. The van der Waals surface area contributed by atoms with E-state index >= 15 is 0 Å². The molecular formula is C5H13NO3. The molecule has 2 unspecified atom stereocenters. The molecule has 0 aromatic heterocycles. The van der Waals surface area contributed by atoms with E-state index < -0.39 is 11.6 Å². The van der Waals surface area contributed by atoms with Gasteiger partial charge in [-0.15, -0.1) is 0 Å². The van der Waals surface area contributed by atoms with Crippen LogP contribution in [-0.2, 0) is 0 Å². The molecule has 9 heavy (non-hydrogen) atoms. The fourth-order valence-electron chi connectivity index (χ4n) is 0.276. The quantitative estimate of drug-likeness (QED) is 0.378. The molecule has 56 valence electrons. The molecule has 0 bridgehead atoms. The largest absolute Gasteiger partial charge is 0.393 e. The lowest BCUT2D eigenvalue weighted by Gasteiger charge is -2.26. The minimum atomic E-state index is -1.26. The van der Waals surface area contributed by atoms with Gasteiger partial charge in [-0.25, -0.2) is 0 Å². The molecule has 0 aliphatic carbocycles. The van der Waals surface area contributed by atoms with E-state index in [1.54, 1.807) is 6.92 Å². The van der Waals surface area contributed by atoms with Crippen molar-refractivity contribution in [3.63, 3.8) is 0 Å². The molecule has 0 aromatic carbocycles. The minimum absolute atomic E-state index is 0.373. The zero-order valence-corrected chi connectivity index (χ0v) is 5.63. The van der Waals surface area contributed by atoms with Gasteiger partial charge in [0.1, 0.15) is 5.60 Å². The fraction of sp³-hybridized carbons (Fsp3) is 1.00. The molecule has 4 heteroatoms. The summed E-state index contributed by atoms with van der Waals surface area (Å²) in [6.07, 6.45) is 0. The van der Waals surface area contributed by atoms with E-state index in [1.165, 1.54) is 6.92 Å². The highest BCUT2D eigenvalue weighted by Gasteiger charge is 2.26. The molecule has 0 aliphatic heterocycles. The molecule has 0 heterocycles. The van der Waals surface area contributed by atoms with Crippen molar-refractivity contribution in [2.75, 3.05) is 6.61 Å². The van der Waals surface area contributed by atoms with E-state index in [4.69, 9.17) is 15.4 Å². The van der Waals surface area contributed by atoms with Gasteiger partial charge in [-0.05, 0) is 13.8 Å². The zero-order chi connectivity index (χ0) is 7.49. The number of rotatable bonds is 3. The lowest BCUT2D eigenvalue weighted by atomic mass is 10.0. The maximum Gasteiger partial charge on any atom is 0.102 e. The molecule has 0 amide bonds. The number of aliphatic hydroxyl groups excluding tert-OH is 1. The number of hydrogen-bond donors (Lipinski definition) is 4. The molecule has 0 fully saturated rings. The Morgan fingerprint density at radius 3 is 2.22 bits per heavy atom. The van der Waals surface area contributed by atoms with Gasteiger partial charge in [0, 0.05) is 0 Å². The molecule has 4 N–H and O–H groups in total. The number of hydrogen-bond acceptors (Lipinski definition) is 4. The summed E-state index contributed by atoms with van der Waals surface area (Å²) in [7, 11) is 0. The second kappa shape index (κ2) is 3.12. The molecule has 0 saturated heterocycles. The van der Waals surface area contributed by atoms with Crippen molar-refractivity contribution in [2.24, 2.45) is 0 Å². The van der Waals surface area contributed by atoms with E-state index in [0.29, 0.717) is 0 Å². The van der Waals surface area contributed by atoms with Crippen molar-refractivity contribution in [1.29, 1.82) is 0 Å². The van der Waals surface area contributed by atoms with E-state index in [1.807, 2.05) is 5.48 Å². The van der Waals surface area contributed by atoms with Gasteiger partial charge < -0.3 is 15.4 Å². The van der Waals surface area contributed by atoms with Gasteiger partial charge in [-0.1, -0.05) is 0 Å². The lowest BCUT2D eigenvalue weighted by Crippen LogP contribution is -2.48. The summed E-state index contributed by atoms with van der Waals surface area (Å²) in [6, 6.07) is -0.525. The predicted molar refractivity (Wildman–Crippen MR) is 32.1 cm³/mol. The van der Waals surface area contributed by atoms with Crippen LogP contribution in [0.25, 0.3) is 0 Å². The van der Waals surface area contributed by atoms with Crippen molar-refractivity contribution in [3.8, 4) is 0 Å². The molecular weight excluding hydrogens is 122 g/mol. The summed E-state index contributed by atoms with van der Waals surface area (Å²) in [6.45, 7) is 2.62. The maximum absolute atomic E-state index is 9.12. The van der Waals surface area contributed by atoms with Crippen LogP contribution in [-0.4, -0.2) is 33.7 Å². The standard InChI is InChI=1S/C5H13NO3/c1-4(6-9)5(2,8)3-7/h4,6-9H,3H2,1-2H3. The average Bonchev–Trinajstić information content (AvgIpc) is 1.86. The molecule has 0 aromatic rings. The van der Waals surface area contributed by atoms with Crippen molar-refractivity contribution < 1.29 is 15.4 Å². The summed E-state index contributed by atoms with van der Waals surface area (Å²) in [5, 5.41) is 25.9. The topological polar surface area (TPSA) is 72.7 Å². The first-order valence-corrected chi connectivity index (χ1v) is 2.77. The van der Waals surface area contributed by atoms with Crippen LogP contribution >= 0.6 is 0 Å². The average molecular weight is 135 g/mol. The molecule has 4 nitrogen and oxygen atoms in total. The minimum Gasteiger partial charge on any atom is -0.393 e. The summed E-state index contributed by atoms with van der Waals surface area (Å²) in [5.41, 5.74) is 0.591. The Labute approximate surface area is 54.1 Å². The van der Waals surface area contributed by atoms with Crippen LogP contribution in [0.2, 0.25) is 0 Å². The smallest absolute Gasteiger partial charge is 0.102 e. The number of aliphatic hydroxyl groups is 2. The van der Waals surface area contributed by atoms with Gasteiger partial charge in [0.25, 0.3) is 0 Å². The molecule has 0 spiro atoms. The summed E-state index contributed by atoms with van der Waals surface area (Å²) >= 11 is 0. The summed E-state index contributed by atoms with van der Waals surface area (Å²) in [4.78, 5) is 0. The first-order valence-electron chi connectivity index (χ1n) is 2.77. The van der Waals surface area contributed by atoms with Crippen LogP contribution in [0.5, 0.6) is 0 Å². The van der Waals surface area contributed by atoms with Crippen LogP contribution in [0.1, 0.15) is 13.8 Å². The van der Waals surface area contributed by atoms with Gasteiger partial charge >= 0.3 is 0 Å². The van der Waals surface area contributed by atoms with Gasteiger partial charge in [0.2, 0.25) is 0 Å². The van der Waals surface area contributed by atoms with Crippen molar-refractivity contribution in [3.05, 3.63) is 0 Å². The van der Waals surface area contributed by atoms with E-state index in [9.17, 15) is 0 Å². The van der Waals surface area contributed by atoms with Crippen LogP contribution in [0.3, 0.4) is 0 Å². The Kier molecular flexibility index (Phi) is 3.07. The van der Waals surface area contributed by atoms with Gasteiger partial charge in [0.05, 0.1) is 12.6 Å². The lowest BCUT2D eigenvalue weighted by molar-refractivity contribution is -0.0579. The van der Waals surface area contributed by atoms with Crippen molar-refractivity contribution in [1.82, 2.24) is 5.48 Å². The normalized spacial score (nSPS) is 21.0. The second-order valence-electron chi connectivity index (χ2n) is 2.37. The Balaban J connectivity index is 3.80. The molecule has 0 radical (unpaired) electrons. The molecule has 0 aliphatic rings. The molecule has 0 saturated carbocycles. The zero-order valence-electron chi connectivity index (χ0n) is 5.63. The maximum atomic E-state index is 9.12. The Hall–Kier alpha value is -0.160. The number of nitrogens with one attached hydrogen (secondary N) is 1. The highest BCUT2D eigenvalue weighted by atomic mass is 16.5. The Morgan fingerprint density at radius 2 is 2.11 bits per heavy atom. The number of hydroxylamine groups is 1. The van der Waals surface area contributed by atoms with Crippen LogP contribution in [0.15, 0.2) is 0 Å². The summed E-state index contributed by atoms with van der Waals surface area (Å²) in [5.74, 6) is 0. The third-order valence-electron chi connectivity index (χ3n) is 1.45. The van der Waals surface area contributed by atoms with E-state index in [-0.39, 0.29) is 6.61 Å². The third-order valence-corrected chi connectivity index (χ3v) is 1.45. The highest BCUT2D eigenvalue weighted by Crippen LogP contribution is 2.06. The van der Waals surface area contributed by atoms with Gasteiger partial charge in [-0.2, -0.15) is 5.48 Å². The predicted octanol–water partition coefficient (Wildman–Crippen LogP) is -0.903. The molecule has 0 rings (SSSR count). The van der Waals surface area contributed by atoms with Gasteiger partial charge in [-0.3, -0.25) is 0 Å². The fourth-order valence-corrected chi connectivity index (χ4v) is 0.276. The first kappa shape index (κ1) is 8.84. The second-order valence-corrected chi connectivity index (χ2v) is 2.37. The van der Waals surface area contributed by atoms with E-state index in [0.717, 1.165) is 0 Å². The van der Waals surface area contributed by atoms with Crippen LogP contribution in [0.4, 0.5) is 0 Å². The Bertz CT molecular complexity index is 84.3. The monoisotopic (exact) mass is 135 g/mol. The summed E-state index contributed by atoms with van der Waals surface area (Å²) < 4.78 is 0. The van der Waals surface area contributed by atoms with Crippen molar-refractivity contribution in [2.45, 2.75) is 25.5 Å². The van der Waals surface area contributed by atoms with Crippen molar-refractivity contribution >= 4 is 0 Å². The van der Waals surface area contributed by atoms with Crippen LogP contribution < -0.4 is 5.48 Å². The molecule has 2 atom stereocenters. The van der Waals surface area contributed by atoms with Crippen LogP contribution in [0, 0.1) is 0 Å². The van der Waals surface area contributed by atoms with Gasteiger partial charge in [0.15, 0.2) is 0 Å². The highest BCUT2D eigenvalue weighted by molar-refractivity contribution is 4.80. The SMILES string of the molecule is CC(NO)C(C)(O)CO. The first-order chi connectivity index (χ1) is 4.04. The third kappa shape index (κ3) is 2.28. The van der Waals surface area contributed by atoms with E-state index in [2.05, 4.69) is 0 Å².